The molecule has 168 valence electrons. The summed E-state index contributed by atoms with van der Waals surface area (Å²) in [5, 5.41) is 3.04. The monoisotopic (exact) mass is 437 g/mol. The molecular weight excluding hydrogens is 401 g/mol. The highest BCUT2D eigenvalue weighted by Gasteiger charge is 2.41. The third kappa shape index (κ3) is 7.64. The molecule has 0 amide bonds. The van der Waals surface area contributed by atoms with Crippen LogP contribution in [-0.4, -0.2) is 36.3 Å². The van der Waals surface area contributed by atoms with Crippen molar-refractivity contribution in [3.8, 4) is 0 Å². The van der Waals surface area contributed by atoms with Crippen LogP contribution in [0.4, 0.5) is 0 Å². The number of benzene rings is 1. The fourth-order valence-electron chi connectivity index (χ4n) is 3.65. The lowest BCUT2D eigenvalue weighted by Gasteiger charge is -2.26. The fraction of sp³-hybridized carbons (Fsp3) is 0.652. The number of hydrogen-bond acceptors (Lipinski definition) is 6. The lowest BCUT2D eigenvalue weighted by atomic mass is 10.2. The van der Waals surface area contributed by atoms with Crippen molar-refractivity contribution < 1.29 is 23.4 Å². The number of esters is 2. The quantitative estimate of drug-likeness (QED) is 0.201. The summed E-state index contributed by atoms with van der Waals surface area (Å²) >= 11 is 0. The van der Waals surface area contributed by atoms with Gasteiger partial charge in [0.05, 0.1) is 6.61 Å². The summed E-state index contributed by atoms with van der Waals surface area (Å²) in [6.45, 7) is 5.01. The second-order valence-corrected chi connectivity index (χ2v) is 10.7. The normalized spacial score (nSPS) is 19.2. The van der Waals surface area contributed by atoms with Crippen molar-refractivity contribution in [1.29, 1.82) is 0 Å². The zero-order valence-electron chi connectivity index (χ0n) is 18.3. The molecule has 0 aromatic heterocycles. The maximum absolute atomic E-state index is 14.0. The van der Waals surface area contributed by atoms with Crippen molar-refractivity contribution in [1.82, 2.24) is 5.32 Å². The molecule has 6 nitrogen and oxygen atoms in total. The van der Waals surface area contributed by atoms with Crippen LogP contribution in [0.3, 0.4) is 0 Å². The summed E-state index contributed by atoms with van der Waals surface area (Å²) in [7, 11) is -3.35. The van der Waals surface area contributed by atoms with Crippen LogP contribution in [0, 0.1) is 0 Å². The van der Waals surface area contributed by atoms with E-state index < -0.39 is 31.0 Å². The molecule has 2 rings (SSSR count). The standard InChI is InChI=1S/C23H36NO5P/c1-3-5-10-17-30(27,28-18-19-12-8-7-9-13-19)21(15-6-4-2)23(26)29-22(25)20-14-11-16-24-20/h7-9,12-13,20-21,24H,3-6,10-11,14-18H2,1-2H3/t20-,21?,30?/m0/s1. The van der Waals surface area contributed by atoms with E-state index in [9.17, 15) is 14.2 Å². The number of rotatable bonds is 13. The molecule has 1 aliphatic heterocycles. The highest BCUT2D eigenvalue weighted by molar-refractivity contribution is 7.60. The zero-order chi connectivity index (χ0) is 21.8. The number of carbonyl (C=O) groups excluding carboxylic acids is 2. The Kier molecular flexibility index (Phi) is 10.8. The first kappa shape index (κ1) is 24.8. The van der Waals surface area contributed by atoms with Gasteiger partial charge in [0.1, 0.15) is 11.7 Å². The Balaban J connectivity index is 2.16. The predicted molar refractivity (Wildman–Crippen MR) is 119 cm³/mol. The molecule has 7 heteroatoms. The second kappa shape index (κ2) is 13.0. The van der Waals surface area contributed by atoms with Gasteiger partial charge in [0.15, 0.2) is 0 Å². The first-order valence-corrected chi connectivity index (χ1v) is 13.1. The van der Waals surface area contributed by atoms with Crippen molar-refractivity contribution in [3.05, 3.63) is 35.9 Å². The smallest absolute Gasteiger partial charge is 0.330 e. The highest BCUT2D eigenvalue weighted by atomic mass is 31.2. The molecule has 0 spiro atoms. The highest BCUT2D eigenvalue weighted by Crippen LogP contribution is 2.55. The Morgan fingerprint density at radius 3 is 2.50 bits per heavy atom. The summed E-state index contributed by atoms with van der Waals surface area (Å²) in [5.74, 6) is -1.27. The summed E-state index contributed by atoms with van der Waals surface area (Å²) in [5.41, 5.74) is 0.00503. The summed E-state index contributed by atoms with van der Waals surface area (Å²) < 4.78 is 25.1. The number of unbranched alkanes of at least 4 members (excludes halogenated alkanes) is 3. The number of nitrogens with one attached hydrogen (secondary N) is 1. The number of hydrogen-bond donors (Lipinski definition) is 1. The van der Waals surface area contributed by atoms with E-state index in [1.165, 1.54) is 0 Å². The lowest BCUT2D eigenvalue weighted by molar-refractivity contribution is -0.160. The molecule has 1 fully saturated rings. The van der Waals surface area contributed by atoms with Crippen LogP contribution in [0.25, 0.3) is 0 Å². The van der Waals surface area contributed by atoms with E-state index in [4.69, 9.17) is 9.26 Å². The van der Waals surface area contributed by atoms with Crippen LogP contribution in [0.5, 0.6) is 0 Å². The van der Waals surface area contributed by atoms with Gasteiger partial charge in [0.2, 0.25) is 7.37 Å². The molecule has 2 unspecified atom stereocenters. The van der Waals surface area contributed by atoms with Gasteiger partial charge >= 0.3 is 11.9 Å². The maximum atomic E-state index is 14.0. The average Bonchev–Trinajstić information content (AvgIpc) is 3.29. The molecule has 1 saturated heterocycles. The molecule has 1 heterocycles. The average molecular weight is 438 g/mol. The van der Waals surface area contributed by atoms with Crippen LogP contribution in [-0.2, 0) is 30.0 Å². The fourth-order valence-corrected chi connectivity index (χ4v) is 6.25. The van der Waals surface area contributed by atoms with Crippen LogP contribution >= 0.6 is 7.37 Å². The van der Waals surface area contributed by atoms with Crippen molar-refractivity contribution in [2.24, 2.45) is 0 Å². The van der Waals surface area contributed by atoms with E-state index in [0.29, 0.717) is 19.0 Å². The van der Waals surface area contributed by atoms with Crippen molar-refractivity contribution in [2.75, 3.05) is 12.7 Å². The van der Waals surface area contributed by atoms with Crippen molar-refractivity contribution >= 4 is 19.3 Å². The zero-order valence-corrected chi connectivity index (χ0v) is 19.2. The minimum absolute atomic E-state index is 0.179. The van der Waals surface area contributed by atoms with Gasteiger partial charge < -0.3 is 14.6 Å². The van der Waals surface area contributed by atoms with E-state index in [1.54, 1.807) is 0 Å². The van der Waals surface area contributed by atoms with Gasteiger partial charge in [-0.15, -0.1) is 0 Å². The molecule has 1 N–H and O–H groups in total. The first-order valence-electron chi connectivity index (χ1n) is 11.3. The minimum Gasteiger partial charge on any atom is -0.391 e. The Morgan fingerprint density at radius 2 is 1.87 bits per heavy atom. The van der Waals surface area contributed by atoms with E-state index in [2.05, 4.69) is 12.2 Å². The van der Waals surface area contributed by atoms with Gasteiger partial charge in [-0.1, -0.05) is 69.9 Å². The van der Waals surface area contributed by atoms with Crippen molar-refractivity contribution in [3.63, 3.8) is 0 Å². The number of carbonyl (C=O) groups is 2. The first-order chi connectivity index (χ1) is 14.5. The molecule has 3 atom stereocenters. The SMILES string of the molecule is CCCCCP(=O)(OCc1ccccc1)C(CCCC)C(=O)OC(=O)[C@@H]1CCCN1. The third-order valence-corrected chi connectivity index (χ3v) is 8.41. The molecular formula is C23H36NO5P. The Morgan fingerprint density at radius 1 is 1.13 bits per heavy atom. The predicted octanol–water partition coefficient (Wildman–Crippen LogP) is 5.05. The summed E-state index contributed by atoms with van der Waals surface area (Å²) in [6, 6.07) is 9.07. The topological polar surface area (TPSA) is 81.7 Å². The van der Waals surface area contributed by atoms with Crippen molar-refractivity contribution in [2.45, 2.75) is 83.5 Å². The Hall–Kier alpha value is -1.49. The van der Waals surface area contributed by atoms with Crippen LogP contribution in [0.15, 0.2) is 30.3 Å². The van der Waals surface area contributed by atoms with Crippen LogP contribution < -0.4 is 5.32 Å². The third-order valence-electron chi connectivity index (χ3n) is 5.49. The molecule has 30 heavy (non-hydrogen) atoms. The van der Waals surface area contributed by atoms with Gasteiger partial charge in [0, 0.05) is 6.16 Å². The van der Waals surface area contributed by atoms with E-state index >= 15 is 0 Å². The van der Waals surface area contributed by atoms with Gasteiger partial charge in [-0.2, -0.15) is 0 Å². The van der Waals surface area contributed by atoms with Gasteiger partial charge in [-0.3, -0.25) is 9.36 Å². The Bertz CT molecular complexity index is 703. The van der Waals surface area contributed by atoms with Gasteiger partial charge in [-0.25, -0.2) is 4.79 Å². The molecule has 1 aromatic rings. The largest absolute Gasteiger partial charge is 0.391 e. The maximum Gasteiger partial charge on any atom is 0.330 e. The van der Waals surface area contributed by atoms with Crippen LogP contribution in [0.1, 0.15) is 70.8 Å². The Labute approximate surface area is 180 Å². The molecule has 0 aliphatic carbocycles. The number of ether oxygens (including phenoxy) is 1. The lowest BCUT2D eigenvalue weighted by Crippen LogP contribution is -2.37. The summed E-state index contributed by atoms with van der Waals surface area (Å²) in [4.78, 5) is 25.3. The van der Waals surface area contributed by atoms with E-state index in [1.807, 2.05) is 37.3 Å². The van der Waals surface area contributed by atoms with E-state index in [-0.39, 0.29) is 6.61 Å². The van der Waals surface area contributed by atoms with Gasteiger partial charge in [0.25, 0.3) is 0 Å². The molecule has 0 bridgehead atoms. The molecule has 0 radical (unpaired) electrons. The molecule has 1 aliphatic rings. The van der Waals surface area contributed by atoms with E-state index in [0.717, 1.165) is 50.6 Å². The van der Waals surface area contributed by atoms with Crippen LogP contribution in [0.2, 0.25) is 0 Å². The molecule has 0 saturated carbocycles. The van der Waals surface area contributed by atoms with Gasteiger partial charge in [-0.05, 0) is 37.8 Å². The molecule has 1 aromatic carbocycles. The summed E-state index contributed by atoms with van der Waals surface area (Å²) in [6.07, 6.45) is 6.46. The minimum atomic E-state index is -3.35. The second-order valence-electron chi connectivity index (χ2n) is 7.96.